The SMILES string of the molecule is O.O=C(N[C@@H](Cc1ccc(OC2CCOCC2)c(Cl)c1)CN1CCCC1)[C@H]1CCN(c2ccc3cc(F)ccc3c2)C1. The number of hydrogen-bond acceptors (Lipinski definition) is 5. The van der Waals surface area contributed by atoms with E-state index < -0.39 is 0 Å². The van der Waals surface area contributed by atoms with Crippen molar-refractivity contribution in [1.82, 2.24) is 10.2 Å². The molecule has 3 aromatic rings. The lowest BCUT2D eigenvalue weighted by Gasteiger charge is -2.27. The van der Waals surface area contributed by atoms with Gasteiger partial charge in [0.2, 0.25) is 5.91 Å². The summed E-state index contributed by atoms with van der Waals surface area (Å²) in [5.41, 5.74) is 2.17. The van der Waals surface area contributed by atoms with Crippen LogP contribution in [-0.2, 0) is 16.0 Å². The minimum absolute atomic E-state index is 0. The number of ether oxygens (including phenoxy) is 2. The Morgan fingerprint density at radius 3 is 2.55 bits per heavy atom. The normalized spacial score (nSPS) is 20.4. The van der Waals surface area contributed by atoms with Crippen LogP contribution in [0.15, 0.2) is 54.6 Å². The second-order valence-corrected chi connectivity index (χ2v) is 12.1. The van der Waals surface area contributed by atoms with E-state index in [-0.39, 0.29) is 35.3 Å². The molecule has 3 aliphatic heterocycles. The van der Waals surface area contributed by atoms with E-state index in [1.807, 2.05) is 30.3 Å². The Bertz CT molecular complexity index is 1360. The van der Waals surface area contributed by atoms with Crippen LogP contribution in [0.4, 0.5) is 10.1 Å². The predicted octanol–water partition coefficient (Wildman–Crippen LogP) is 5.02. The molecule has 0 aromatic heterocycles. The topological polar surface area (TPSA) is 85.5 Å². The van der Waals surface area contributed by atoms with Crippen LogP contribution in [0.5, 0.6) is 5.75 Å². The van der Waals surface area contributed by atoms with E-state index in [2.05, 4.69) is 27.2 Å². The van der Waals surface area contributed by atoms with Crippen LogP contribution in [-0.4, -0.2) is 74.4 Å². The number of halogens is 2. The Hall–Kier alpha value is -2.91. The van der Waals surface area contributed by atoms with Crippen molar-refractivity contribution >= 4 is 34.0 Å². The molecule has 0 radical (unpaired) electrons. The van der Waals surface area contributed by atoms with Crippen molar-refractivity contribution in [2.75, 3.05) is 50.8 Å². The molecule has 3 aliphatic rings. The van der Waals surface area contributed by atoms with E-state index in [0.29, 0.717) is 17.3 Å². The van der Waals surface area contributed by atoms with Crippen LogP contribution < -0.4 is 15.0 Å². The summed E-state index contributed by atoms with van der Waals surface area (Å²) < 4.78 is 25.2. The van der Waals surface area contributed by atoms with Crippen LogP contribution in [0.25, 0.3) is 10.8 Å². The summed E-state index contributed by atoms with van der Waals surface area (Å²) in [6.45, 7) is 5.94. The fraction of sp³-hybridized carbons (Fsp3) is 0.485. The lowest BCUT2D eigenvalue weighted by molar-refractivity contribution is -0.125. The molecule has 0 spiro atoms. The number of hydrogen-bond donors (Lipinski definition) is 1. The van der Waals surface area contributed by atoms with Crippen molar-refractivity contribution in [1.29, 1.82) is 0 Å². The van der Waals surface area contributed by atoms with Crippen molar-refractivity contribution in [2.24, 2.45) is 5.92 Å². The molecule has 9 heteroatoms. The van der Waals surface area contributed by atoms with Gasteiger partial charge in [-0.05, 0) is 91.5 Å². The van der Waals surface area contributed by atoms with Gasteiger partial charge < -0.3 is 30.1 Å². The molecule has 0 bridgehead atoms. The van der Waals surface area contributed by atoms with Crippen molar-refractivity contribution in [2.45, 2.75) is 50.7 Å². The Balaban J connectivity index is 0.00000353. The van der Waals surface area contributed by atoms with Gasteiger partial charge in [0.05, 0.1) is 24.2 Å². The van der Waals surface area contributed by atoms with Crippen molar-refractivity contribution in [3.8, 4) is 5.75 Å². The van der Waals surface area contributed by atoms with E-state index >= 15 is 0 Å². The zero-order chi connectivity index (χ0) is 28.2. The molecule has 0 saturated carbocycles. The van der Waals surface area contributed by atoms with Gasteiger partial charge in [0.25, 0.3) is 0 Å². The predicted molar refractivity (Wildman–Crippen MR) is 165 cm³/mol. The van der Waals surface area contributed by atoms with Gasteiger partial charge in [-0.1, -0.05) is 29.8 Å². The molecule has 6 rings (SSSR count). The minimum Gasteiger partial charge on any atom is -0.489 e. The fourth-order valence-electron chi connectivity index (χ4n) is 6.39. The number of anilines is 1. The number of amides is 1. The second kappa shape index (κ2) is 14.0. The number of carbonyl (C=O) groups is 1. The first-order chi connectivity index (χ1) is 20.0. The summed E-state index contributed by atoms with van der Waals surface area (Å²) in [7, 11) is 0. The third kappa shape index (κ3) is 7.53. The molecule has 3 saturated heterocycles. The van der Waals surface area contributed by atoms with Crippen LogP contribution in [0.1, 0.15) is 37.7 Å². The van der Waals surface area contributed by atoms with Gasteiger partial charge >= 0.3 is 0 Å². The Labute approximate surface area is 252 Å². The first-order valence-corrected chi connectivity index (χ1v) is 15.4. The van der Waals surface area contributed by atoms with E-state index in [4.69, 9.17) is 21.1 Å². The molecule has 7 nitrogen and oxygen atoms in total. The standard InChI is InChI=1S/C33H39ClFN3O3.H2O/c34-31-18-23(3-8-32(31)41-30-10-15-40-16-11-30)17-28(22-37-12-1-2-13-37)36-33(39)26-9-14-38(21-26)29-7-5-24-19-27(35)6-4-25(24)20-29;/h3-8,18-20,26,28,30H,1-2,9-17,21-22H2,(H,36,39);1H2/t26-,28-;/m0./s1. The van der Waals surface area contributed by atoms with Gasteiger partial charge in [-0.15, -0.1) is 0 Å². The summed E-state index contributed by atoms with van der Waals surface area (Å²) in [5, 5.41) is 5.91. The average Bonchev–Trinajstić information content (AvgIpc) is 3.68. The van der Waals surface area contributed by atoms with Gasteiger partial charge in [-0.3, -0.25) is 4.79 Å². The molecular weight excluding hydrogens is 557 g/mol. The maximum absolute atomic E-state index is 13.6. The molecule has 3 heterocycles. The van der Waals surface area contributed by atoms with Gasteiger partial charge in [-0.2, -0.15) is 0 Å². The highest BCUT2D eigenvalue weighted by Crippen LogP contribution is 2.30. The zero-order valence-corrected chi connectivity index (χ0v) is 24.8. The number of nitrogens with zero attached hydrogens (tertiary/aromatic N) is 2. The first kappa shape index (κ1) is 30.5. The number of benzene rings is 3. The number of likely N-dealkylation sites (tertiary alicyclic amines) is 1. The zero-order valence-electron chi connectivity index (χ0n) is 24.0. The Kier molecular flexibility index (Phi) is 10.2. The molecule has 226 valence electrons. The van der Waals surface area contributed by atoms with Gasteiger partial charge in [-0.25, -0.2) is 4.39 Å². The molecule has 2 atom stereocenters. The monoisotopic (exact) mass is 597 g/mol. The number of rotatable bonds is 9. The van der Waals surface area contributed by atoms with Gasteiger partial charge in [0.15, 0.2) is 0 Å². The van der Waals surface area contributed by atoms with E-state index in [9.17, 15) is 9.18 Å². The maximum atomic E-state index is 13.6. The highest BCUT2D eigenvalue weighted by atomic mass is 35.5. The largest absolute Gasteiger partial charge is 0.489 e. The highest BCUT2D eigenvalue weighted by Gasteiger charge is 2.31. The third-order valence-electron chi connectivity index (χ3n) is 8.67. The molecule has 42 heavy (non-hydrogen) atoms. The minimum atomic E-state index is -0.229. The van der Waals surface area contributed by atoms with Crippen molar-refractivity contribution in [3.05, 3.63) is 71.0 Å². The molecular formula is C33H41ClFN3O4. The Morgan fingerprint density at radius 2 is 1.76 bits per heavy atom. The summed E-state index contributed by atoms with van der Waals surface area (Å²) in [4.78, 5) is 18.3. The van der Waals surface area contributed by atoms with Crippen LogP contribution in [0.3, 0.4) is 0 Å². The summed E-state index contributed by atoms with van der Waals surface area (Å²) in [6, 6.07) is 17.0. The van der Waals surface area contributed by atoms with Gasteiger partial charge in [0, 0.05) is 44.2 Å². The van der Waals surface area contributed by atoms with Crippen LogP contribution in [0, 0.1) is 11.7 Å². The number of nitrogens with one attached hydrogen (secondary N) is 1. The second-order valence-electron chi connectivity index (χ2n) is 11.7. The average molecular weight is 598 g/mol. The van der Waals surface area contributed by atoms with Crippen molar-refractivity contribution < 1.29 is 24.1 Å². The fourth-order valence-corrected chi connectivity index (χ4v) is 6.64. The van der Waals surface area contributed by atoms with Crippen LogP contribution in [0.2, 0.25) is 5.02 Å². The lowest BCUT2D eigenvalue weighted by atomic mass is 10.0. The smallest absolute Gasteiger partial charge is 0.225 e. The molecule has 0 unspecified atom stereocenters. The number of carbonyl (C=O) groups excluding carboxylic acids is 1. The molecule has 3 N–H and O–H groups in total. The molecule has 1 amide bonds. The lowest BCUT2D eigenvalue weighted by Crippen LogP contribution is -2.46. The third-order valence-corrected chi connectivity index (χ3v) is 8.97. The first-order valence-electron chi connectivity index (χ1n) is 15.0. The summed E-state index contributed by atoms with van der Waals surface area (Å²) in [6.07, 6.45) is 5.84. The number of fused-ring (bicyclic) bond motifs is 1. The van der Waals surface area contributed by atoms with Crippen LogP contribution >= 0.6 is 11.6 Å². The Morgan fingerprint density at radius 1 is 1.00 bits per heavy atom. The summed E-state index contributed by atoms with van der Waals surface area (Å²) >= 11 is 6.65. The molecule has 0 aliphatic carbocycles. The van der Waals surface area contributed by atoms with E-state index in [1.54, 1.807) is 6.07 Å². The van der Waals surface area contributed by atoms with E-state index in [0.717, 1.165) is 87.1 Å². The quantitative estimate of drug-likeness (QED) is 0.375. The van der Waals surface area contributed by atoms with Crippen molar-refractivity contribution in [3.63, 3.8) is 0 Å². The summed E-state index contributed by atoms with van der Waals surface area (Å²) in [5.74, 6) is 0.532. The molecule has 3 fully saturated rings. The molecule has 3 aromatic carbocycles. The van der Waals surface area contributed by atoms with E-state index in [1.165, 1.54) is 18.9 Å². The highest BCUT2D eigenvalue weighted by molar-refractivity contribution is 6.32. The van der Waals surface area contributed by atoms with Gasteiger partial charge in [0.1, 0.15) is 17.7 Å². The maximum Gasteiger partial charge on any atom is 0.225 e.